The number of hydrogen-bond donors (Lipinski definition) is 3. The molecule has 0 bridgehead atoms. The molecule has 1 aromatic carbocycles. The highest BCUT2D eigenvalue weighted by Gasteiger charge is 2.30. The Hall–Kier alpha value is -1.06. The van der Waals surface area contributed by atoms with E-state index in [0.717, 1.165) is 18.4 Å². The number of hydrogen-bond acceptors (Lipinski definition) is 3. The molecule has 2 atom stereocenters. The van der Waals surface area contributed by atoms with Crippen LogP contribution in [0.3, 0.4) is 0 Å². The monoisotopic (exact) mass is 235 g/mol. The maximum absolute atomic E-state index is 10.3. The SMILES string of the molecule is Cc1cccc([C@@H](N)[C@@H](O)C2CCCC2)c1O. The summed E-state index contributed by atoms with van der Waals surface area (Å²) in [4.78, 5) is 0. The third-order valence-corrected chi connectivity index (χ3v) is 3.88. The van der Waals surface area contributed by atoms with Crippen LogP contribution in [0.4, 0.5) is 0 Å². The van der Waals surface area contributed by atoms with E-state index in [2.05, 4.69) is 0 Å². The van der Waals surface area contributed by atoms with Crippen LogP contribution in [0.15, 0.2) is 18.2 Å². The van der Waals surface area contributed by atoms with Crippen molar-refractivity contribution < 1.29 is 10.2 Å². The van der Waals surface area contributed by atoms with Crippen molar-refractivity contribution in [3.8, 4) is 5.75 Å². The van der Waals surface area contributed by atoms with Gasteiger partial charge in [-0.2, -0.15) is 0 Å². The van der Waals surface area contributed by atoms with Gasteiger partial charge in [0.2, 0.25) is 0 Å². The van der Waals surface area contributed by atoms with Gasteiger partial charge in [-0.05, 0) is 31.2 Å². The molecule has 1 saturated carbocycles. The summed E-state index contributed by atoms with van der Waals surface area (Å²) < 4.78 is 0. The average Bonchev–Trinajstić information content (AvgIpc) is 2.84. The largest absolute Gasteiger partial charge is 0.507 e. The first kappa shape index (κ1) is 12.4. The number of phenols is 1. The van der Waals surface area contributed by atoms with Crippen molar-refractivity contribution in [2.75, 3.05) is 0 Å². The zero-order valence-electron chi connectivity index (χ0n) is 10.3. The molecule has 3 nitrogen and oxygen atoms in total. The van der Waals surface area contributed by atoms with Crippen LogP contribution in [0.1, 0.15) is 42.9 Å². The first-order valence-electron chi connectivity index (χ1n) is 6.33. The Balaban J connectivity index is 2.18. The average molecular weight is 235 g/mol. The van der Waals surface area contributed by atoms with Crippen molar-refractivity contribution in [3.63, 3.8) is 0 Å². The van der Waals surface area contributed by atoms with E-state index in [1.165, 1.54) is 12.8 Å². The molecule has 17 heavy (non-hydrogen) atoms. The van der Waals surface area contributed by atoms with Gasteiger partial charge in [-0.15, -0.1) is 0 Å². The van der Waals surface area contributed by atoms with Crippen molar-refractivity contribution in [2.45, 2.75) is 44.8 Å². The lowest BCUT2D eigenvalue weighted by Crippen LogP contribution is -2.32. The van der Waals surface area contributed by atoms with Crippen LogP contribution < -0.4 is 5.73 Å². The summed E-state index contributed by atoms with van der Waals surface area (Å²) in [6.07, 6.45) is 3.89. The molecule has 2 rings (SSSR count). The van der Waals surface area contributed by atoms with Gasteiger partial charge in [-0.1, -0.05) is 31.0 Å². The summed E-state index contributed by atoms with van der Waals surface area (Å²) in [5.74, 6) is 0.502. The molecule has 1 aliphatic carbocycles. The molecule has 1 fully saturated rings. The maximum atomic E-state index is 10.3. The van der Waals surface area contributed by atoms with Gasteiger partial charge < -0.3 is 15.9 Å². The highest BCUT2D eigenvalue weighted by molar-refractivity contribution is 5.41. The summed E-state index contributed by atoms with van der Waals surface area (Å²) in [7, 11) is 0. The molecule has 0 amide bonds. The van der Waals surface area contributed by atoms with E-state index in [-0.39, 0.29) is 11.7 Å². The Kier molecular flexibility index (Phi) is 3.69. The number of aliphatic hydroxyl groups excluding tert-OH is 1. The van der Waals surface area contributed by atoms with Gasteiger partial charge >= 0.3 is 0 Å². The second-order valence-corrected chi connectivity index (χ2v) is 5.07. The van der Waals surface area contributed by atoms with E-state index in [9.17, 15) is 10.2 Å². The highest BCUT2D eigenvalue weighted by Crippen LogP contribution is 2.35. The minimum Gasteiger partial charge on any atom is -0.507 e. The maximum Gasteiger partial charge on any atom is 0.123 e. The molecule has 0 aliphatic heterocycles. The fraction of sp³-hybridized carbons (Fsp3) is 0.571. The van der Waals surface area contributed by atoms with Crippen LogP contribution in [0.25, 0.3) is 0 Å². The molecule has 1 aliphatic rings. The number of aromatic hydroxyl groups is 1. The molecule has 0 spiro atoms. The van der Waals surface area contributed by atoms with Crippen LogP contribution in [0, 0.1) is 12.8 Å². The molecular formula is C14H21NO2. The van der Waals surface area contributed by atoms with E-state index in [0.29, 0.717) is 5.56 Å². The number of aliphatic hydroxyl groups is 1. The summed E-state index contributed by atoms with van der Waals surface area (Å²) >= 11 is 0. The molecule has 0 saturated heterocycles. The Bertz CT molecular complexity index is 386. The van der Waals surface area contributed by atoms with Gasteiger partial charge in [-0.25, -0.2) is 0 Å². The molecule has 0 aromatic heterocycles. The number of aryl methyl sites for hydroxylation is 1. The number of para-hydroxylation sites is 1. The van der Waals surface area contributed by atoms with Crippen molar-refractivity contribution in [1.82, 2.24) is 0 Å². The van der Waals surface area contributed by atoms with E-state index >= 15 is 0 Å². The first-order valence-corrected chi connectivity index (χ1v) is 6.33. The molecule has 94 valence electrons. The number of rotatable bonds is 3. The normalized spacial score (nSPS) is 20.4. The summed E-state index contributed by atoms with van der Waals surface area (Å²) in [5.41, 5.74) is 7.54. The molecule has 0 radical (unpaired) electrons. The molecule has 3 heteroatoms. The molecule has 4 N–H and O–H groups in total. The minimum atomic E-state index is -0.551. The van der Waals surface area contributed by atoms with Gasteiger partial charge in [0.25, 0.3) is 0 Å². The van der Waals surface area contributed by atoms with Crippen LogP contribution in [-0.2, 0) is 0 Å². The number of nitrogens with two attached hydrogens (primary N) is 1. The second-order valence-electron chi connectivity index (χ2n) is 5.07. The zero-order chi connectivity index (χ0) is 12.4. The fourth-order valence-electron chi connectivity index (χ4n) is 2.73. The van der Waals surface area contributed by atoms with Crippen LogP contribution in [0.5, 0.6) is 5.75 Å². The summed E-state index contributed by atoms with van der Waals surface area (Å²) in [5, 5.41) is 20.2. The van der Waals surface area contributed by atoms with E-state index in [1.54, 1.807) is 6.07 Å². The van der Waals surface area contributed by atoms with E-state index in [4.69, 9.17) is 5.73 Å². The topological polar surface area (TPSA) is 66.5 Å². The van der Waals surface area contributed by atoms with E-state index < -0.39 is 12.1 Å². The fourth-order valence-corrected chi connectivity index (χ4v) is 2.73. The van der Waals surface area contributed by atoms with Crippen LogP contribution in [0.2, 0.25) is 0 Å². The molecule has 0 unspecified atom stereocenters. The summed E-state index contributed by atoms with van der Waals surface area (Å²) in [6, 6.07) is 5.02. The number of phenolic OH excluding ortho intramolecular Hbond substituents is 1. The number of benzene rings is 1. The predicted molar refractivity (Wildman–Crippen MR) is 67.7 cm³/mol. The van der Waals surface area contributed by atoms with Gasteiger partial charge in [0.05, 0.1) is 12.1 Å². The Labute approximate surface area is 102 Å². The van der Waals surface area contributed by atoms with Crippen molar-refractivity contribution in [1.29, 1.82) is 0 Å². The zero-order valence-corrected chi connectivity index (χ0v) is 10.3. The first-order chi connectivity index (χ1) is 8.11. The minimum absolute atomic E-state index is 0.219. The van der Waals surface area contributed by atoms with Crippen molar-refractivity contribution in [2.24, 2.45) is 11.7 Å². The molecular weight excluding hydrogens is 214 g/mol. The lowest BCUT2D eigenvalue weighted by atomic mass is 9.90. The van der Waals surface area contributed by atoms with Gasteiger partial charge in [0, 0.05) is 5.56 Å². The Morgan fingerprint density at radius 3 is 2.59 bits per heavy atom. The Morgan fingerprint density at radius 2 is 1.94 bits per heavy atom. The van der Waals surface area contributed by atoms with Gasteiger partial charge in [-0.3, -0.25) is 0 Å². The van der Waals surface area contributed by atoms with Crippen LogP contribution in [-0.4, -0.2) is 16.3 Å². The lowest BCUT2D eigenvalue weighted by Gasteiger charge is -2.25. The van der Waals surface area contributed by atoms with Gasteiger partial charge in [0.1, 0.15) is 5.75 Å². The molecule has 0 heterocycles. The third kappa shape index (κ3) is 2.45. The lowest BCUT2D eigenvalue weighted by molar-refractivity contribution is 0.0836. The van der Waals surface area contributed by atoms with Crippen LogP contribution >= 0.6 is 0 Å². The predicted octanol–water partition coefficient (Wildman–Crippen LogP) is 2.25. The van der Waals surface area contributed by atoms with Crippen molar-refractivity contribution in [3.05, 3.63) is 29.3 Å². The Morgan fingerprint density at radius 1 is 1.29 bits per heavy atom. The third-order valence-electron chi connectivity index (χ3n) is 3.88. The second kappa shape index (κ2) is 5.07. The highest BCUT2D eigenvalue weighted by atomic mass is 16.3. The van der Waals surface area contributed by atoms with E-state index in [1.807, 2.05) is 19.1 Å². The van der Waals surface area contributed by atoms with Gasteiger partial charge in [0.15, 0.2) is 0 Å². The standard InChI is InChI=1S/C14H21NO2/c1-9-5-4-8-11(13(9)16)12(15)14(17)10-6-2-3-7-10/h4-5,8,10,12,14,16-17H,2-3,6-7,15H2,1H3/t12-,14+/m1/s1. The summed E-state index contributed by atoms with van der Waals surface area (Å²) in [6.45, 7) is 1.84. The quantitative estimate of drug-likeness (QED) is 0.752. The smallest absolute Gasteiger partial charge is 0.123 e. The molecule has 1 aromatic rings. The van der Waals surface area contributed by atoms with Crippen molar-refractivity contribution >= 4 is 0 Å².